The first-order chi connectivity index (χ1) is 11.0. The van der Waals surface area contributed by atoms with Gasteiger partial charge in [-0.15, -0.1) is 0 Å². The number of aromatic nitrogens is 1. The van der Waals surface area contributed by atoms with Crippen molar-refractivity contribution in [1.29, 1.82) is 0 Å². The molecule has 1 amide bonds. The highest BCUT2D eigenvalue weighted by molar-refractivity contribution is 7.08. The van der Waals surface area contributed by atoms with Crippen LogP contribution < -0.4 is 5.32 Å². The highest BCUT2D eigenvalue weighted by Crippen LogP contribution is 2.22. The van der Waals surface area contributed by atoms with Crippen molar-refractivity contribution >= 4 is 28.1 Å². The van der Waals surface area contributed by atoms with Gasteiger partial charge < -0.3 is 15.4 Å². The fourth-order valence-corrected chi connectivity index (χ4v) is 3.33. The molecule has 5 heteroatoms. The van der Waals surface area contributed by atoms with Gasteiger partial charge in [0.2, 0.25) is 5.91 Å². The van der Waals surface area contributed by atoms with E-state index in [0.717, 1.165) is 22.0 Å². The molecule has 3 rings (SSSR count). The molecule has 3 aromatic rings. The van der Waals surface area contributed by atoms with E-state index in [1.54, 1.807) is 6.92 Å². The molecule has 1 unspecified atom stereocenters. The van der Waals surface area contributed by atoms with Gasteiger partial charge in [0.25, 0.3) is 0 Å². The second kappa shape index (κ2) is 6.56. The van der Waals surface area contributed by atoms with Crippen LogP contribution in [-0.4, -0.2) is 22.5 Å². The largest absolute Gasteiger partial charge is 0.384 e. The highest BCUT2D eigenvalue weighted by atomic mass is 32.1. The molecule has 0 aliphatic heterocycles. The lowest BCUT2D eigenvalue weighted by atomic mass is 9.99. The summed E-state index contributed by atoms with van der Waals surface area (Å²) in [5.74, 6) is -0.0466. The Morgan fingerprint density at radius 2 is 2.22 bits per heavy atom. The smallest absolute Gasteiger partial charge is 0.220 e. The van der Waals surface area contributed by atoms with Crippen LogP contribution in [0.4, 0.5) is 0 Å². The molecule has 0 spiro atoms. The monoisotopic (exact) mass is 328 g/mol. The van der Waals surface area contributed by atoms with Gasteiger partial charge in [-0.1, -0.05) is 6.07 Å². The first-order valence-electron chi connectivity index (χ1n) is 7.62. The summed E-state index contributed by atoms with van der Waals surface area (Å²) in [6.45, 7) is 1.94. The molecule has 0 fully saturated rings. The van der Waals surface area contributed by atoms with Gasteiger partial charge in [0, 0.05) is 18.1 Å². The van der Waals surface area contributed by atoms with Crippen LogP contribution in [-0.2, 0) is 16.8 Å². The minimum absolute atomic E-state index is 0.0466. The summed E-state index contributed by atoms with van der Waals surface area (Å²) in [4.78, 5) is 15.2. The molecule has 3 N–H and O–H groups in total. The van der Waals surface area contributed by atoms with E-state index in [-0.39, 0.29) is 12.5 Å². The molecule has 0 saturated carbocycles. The molecule has 23 heavy (non-hydrogen) atoms. The lowest BCUT2D eigenvalue weighted by Crippen LogP contribution is -2.38. The number of aliphatic hydroxyl groups is 1. The third-order valence-corrected chi connectivity index (χ3v) is 4.71. The maximum atomic E-state index is 12.0. The summed E-state index contributed by atoms with van der Waals surface area (Å²) >= 11 is 1.53. The topological polar surface area (TPSA) is 65.1 Å². The molecule has 0 saturated heterocycles. The number of aromatic amines is 1. The van der Waals surface area contributed by atoms with Gasteiger partial charge in [-0.05, 0) is 64.9 Å². The summed E-state index contributed by atoms with van der Waals surface area (Å²) in [6.07, 6.45) is 3.01. The predicted octanol–water partition coefficient (Wildman–Crippen LogP) is 3.19. The Bertz CT molecular complexity index is 790. The molecule has 2 heterocycles. The van der Waals surface area contributed by atoms with Crippen LogP contribution in [0.3, 0.4) is 0 Å². The Morgan fingerprint density at radius 1 is 1.35 bits per heavy atom. The van der Waals surface area contributed by atoms with Crippen LogP contribution in [0.15, 0.2) is 47.3 Å². The lowest BCUT2D eigenvalue weighted by molar-refractivity contribution is -0.122. The van der Waals surface area contributed by atoms with Crippen molar-refractivity contribution in [1.82, 2.24) is 10.3 Å². The average molecular weight is 328 g/mol. The van der Waals surface area contributed by atoms with Crippen molar-refractivity contribution in [3.8, 4) is 0 Å². The summed E-state index contributed by atoms with van der Waals surface area (Å²) in [6, 6.07) is 10.1. The number of H-pyrrole nitrogens is 1. The molecular weight excluding hydrogens is 308 g/mol. The van der Waals surface area contributed by atoms with Gasteiger partial charge in [-0.3, -0.25) is 4.79 Å². The second-order valence-electron chi connectivity index (χ2n) is 5.96. The lowest BCUT2D eigenvalue weighted by Gasteiger charge is -2.22. The second-order valence-corrected chi connectivity index (χ2v) is 6.74. The van der Waals surface area contributed by atoms with Crippen molar-refractivity contribution in [2.24, 2.45) is 0 Å². The van der Waals surface area contributed by atoms with Gasteiger partial charge in [-0.25, -0.2) is 0 Å². The standard InChI is InChI=1S/C18H20N2O2S/c1-18(22,15-7-9-23-11-15)12-20-17(21)5-3-13-2-4-16-14(10-13)6-8-19-16/h2,4,6-11,19,22H,3,5,12H2,1H3,(H,20,21). The van der Waals surface area contributed by atoms with Crippen LogP contribution in [0.2, 0.25) is 0 Å². The van der Waals surface area contributed by atoms with E-state index >= 15 is 0 Å². The zero-order valence-corrected chi connectivity index (χ0v) is 13.8. The molecule has 0 aliphatic carbocycles. The van der Waals surface area contributed by atoms with Crippen LogP contribution in [0.1, 0.15) is 24.5 Å². The minimum atomic E-state index is -1.03. The van der Waals surface area contributed by atoms with Crippen molar-refractivity contribution in [2.75, 3.05) is 6.54 Å². The zero-order valence-electron chi connectivity index (χ0n) is 13.0. The van der Waals surface area contributed by atoms with Crippen molar-refractivity contribution in [3.63, 3.8) is 0 Å². The van der Waals surface area contributed by atoms with E-state index in [4.69, 9.17) is 0 Å². The van der Waals surface area contributed by atoms with Crippen molar-refractivity contribution < 1.29 is 9.90 Å². The average Bonchev–Trinajstić information content (AvgIpc) is 3.21. The number of rotatable bonds is 6. The number of thiophene rings is 1. The Balaban J connectivity index is 1.51. The Kier molecular flexibility index (Phi) is 4.50. The number of hydrogen-bond donors (Lipinski definition) is 3. The van der Waals surface area contributed by atoms with Gasteiger partial charge in [0.15, 0.2) is 0 Å². The first-order valence-corrected chi connectivity index (χ1v) is 8.57. The van der Waals surface area contributed by atoms with Crippen LogP contribution in [0, 0.1) is 0 Å². The number of hydrogen-bond acceptors (Lipinski definition) is 3. The quantitative estimate of drug-likeness (QED) is 0.650. The van der Waals surface area contributed by atoms with E-state index < -0.39 is 5.60 Å². The number of benzene rings is 1. The molecule has 0 bridgehead atoms. The first kappa shape index (κ1) is 15.8. The van der Waals surface area contributed by atoms with E-state index in [0.29, 0.717) is 12.8 Å². The van der Waals surface area contributed by atoms with E-state index in [1.165, 1.54) is 11.3 Å². The SMILES string of the molecule is CC(O)(CNC(=O)CCc1ccc2[nH]ccc2c1)c1ccsc1. The van der Waals surface area contributed by atoms with E-state index in [9.17, 15) is 9.90 Å². The van der Waals surface area contributed by atoms with Crippen molar-refractivity contribution in [3.05, 3.63) is 58.4 Å². The molecule has 1 atom stereocenters. The fourth-order valence-electron chi connectivity index (χ4n) is 2.55. The Labute approximate surface area is 139 Å². The van der Waals surface area contributed by atoms with Gasteiger partial charge >= 0.3 is 0 Å². The van der Waals surface area contributed by atoms with Crippen LogP contribution in [0.25, 0.3) is 10.9 Å². The number of fused-ring (bicyclic) bond motifs is 1. The van der Waals surface area contributed by atoms with Gasteiger partial charge in [0.05, 0.1) is 6.54 Å². The molecule has 0 radical (unpaired) electrons. The summed E-state index contributed by atoms with van der Waals surface area (Å²) < 4.78 is 0. The zero-order chi connectivity index (χ0) is 16.3. The molecule has 120 valence electrons. The van der Waals surface area contributed by atoms with Gasteiger partial charge in [0.1, 0.15) is 5.60 Å². The Hall–Kier alpha value is -2.11. The molecule has 2 aromatic heterocycles. The fraction of sp³-hybridized carbons (Fsp3) is 0.278. The number of carbonyl (C=O) groups excluding carboxylic acids is 1. The van der Waals surface area contributed by atoms with Crippen LogP contribution in [0.5, 0.6) is 0 Å². The molecule has 1 aromatic carbocycles. The maximum absolute atomic E-state index is 12.0. The van der Waals surface area contributed by atoms with E-state index in [1.807, 2.05) is 41.2 Å². The van der Waals surface area contributed by atoms with Gasteiger partial charge in [-0.2, -0.15) is 11.3 Å². The maximum Gasteiger partial charge on any atom is 0.220 e. The van der Waals surface area contributed by atoms with Crippen LogP contribution >= 0.6 is 11.3 Å². The summed E-state index contributed by atoms with van der Waals surface area (Å²) in [5.41, 5.74) is 2.04. The molecule has 0 aliphatic rings. The van der Waals surface area contributed by atoms with Crippen molar-refractivity contribution in [2.45, 2.75) is 25.4 Å². The highest BCUT2D eigenvalue weighted by Gasteiger charge is 2.23. The number of nitrogens with one attached hydrogen (secondary N) is 2. The normalized spacial score (nSPS) is 13.8. The molecule has 4 nitrogen and oxygen atoms in total. The summed E-state index contributed by atoms with van der Waals surface area (Å²) in [5, 5.41) is 18.2. The number of carbonyl (C=O) groups is 1. The third-order valence-electron chi connectivity index (χ3n) is 4.03. The van der Waals surface area contributed by atoms with E-state index in [2.05, 4.69) is 16.4 Å². The Morgan fingerprint density at radius 3 is 3.00 bits per heavy atom. The number of aryl methyl sites for hydroxylation is 1. The third kappa shape index (κ3) is 3.81. The summed E-state index contributed by atoms with van der Waals surface area (Å²) in [7, 11) is 0. The predicted molar refractivity (Wildman–Crippen MR) is 93.5 cm³/mol. The number of amides is 1. The molecular formula is C18H20N2O2S. The minimum Gasteiger partial charge on any atom is -0.384 e.